The highest BCUT2D eigenvalue weighted by Gasteiger charge is 2.20. The standard InChI is InChI=1S/C13H19N5O.ClH/c19-13(18-9-5-14-6-10-18)11-3-4-12(16-15-11)17-7-1-2-8-17;/h3-4,14H,1-2,5-10H2;1H. The molecule has 2 fully saturated rings. The summed E-state index contributed by atoms with van der Waals surface area (Å²) in [7, 11) is 0. The molecule has 2 aliphatic rings. The number of anilines is 1. The smallest absolute Gasteiger partial charge is 0.274 e. The van der Waals surface area contributed by atoms with E-state index in [9.17, 15) is 4.79 Å². The number of hydrogen-bond donors (Lipinski definition) is 1. The number of aromatic nitrogens is 2. The topological polar surface area (TPSA) is 61.4 Å². The quantitative estimate of drug-likeness (QED) is 0.863. The minimum Gasteiger partial charge on any atom is -0.355 e. The average Bonchev–Trinajstić information content (AvgIpc) is 3.02. The monoisotopic (exact) mass is 297 g/mol. The predicted molar refractivity (Wildman–Crippen MR) is 79.5 cm³/mol. The molecule has 20 heavy (non-hydrogen) atoms. The van der Waals surface area contributed by atoms with E-state index in [4.69, 9.17) is 0 Å². The minimum atomic E-state index is -0.0121. The van der Waals surface area contributed by atoms with E-state index in [0.717, 1.165) is 45.1 Å². The van der Waals surface area contributed by atoms with Crippen molar-refractivity contribution in [2.45, 2.75) is 12.8 Å². The van der Waals surface area contributed by atoms with Crippen LogP contribution in [-0.2, 0) is 0 Å². The van der Waals surface area contributed by atoms with Crippen molar-refractivity contribution < 1.29 is 4.79 Å². The van der Waals surface area contributed by atoms with Gasteiger partial charge in [0.05, 0.1) is 0 Å². The van der Waals surface area contributed by atoms with Crippen molar-refractivity contribution in [3.63, 3.8) is 0 Å². The maximum absolute atomic E-state index is 12.2. The molecule has 1 aromatic rings. The van der Waals surface area contributed by atoms with Crippen LogP contribution in [0.2, 0.25) is 0 Å². The molecule has 0 aromatic carbocycles. The zero-order chi connectivity index (χ0) is 13.1. The van der Waals surface area contributed by atoms with Crippen LogP contribution in [0.5, 0.6) is 0 Å². The van der Waals surface area contributed by atoms with Gasteiger partial charge in [-0.15, -0.1) is 22.6 Å². The van der Waals surface area contributed by atoms with Crippen LogP contribution >= 0.6 is 12.4 Å². The second-order valence-electron chi connectivity index (χ2n) is 5.01. The van der Waals surface area contributed by atoms with Crippen LogP contribution in [0, 0.1) is 0 Å². The lowest BCUT2D eigenvalue weighted by Crippen LogP contribution is -2.46. The molecule has 1 aromatic heterocycles. The van der Waals surface area contributed by atoms with Gasteiger partial charge in [0, 0.05) is 39.3 Å². The van der Waals surface area contributed by atoms with Crippen LogP contribution < -0.4 is 10.2 Å². The Kier molecular flexibility index (Phi) is 5.14. The Bertz CT molecular complexity index is 441. The van der Waals surface area contributed by atoms with Gasteiger partial charge in [0.15, 0.2) is 11.5 Å². The Morgan fingerprint density at radius 1 is 1.05 bits per heavy atom. The normalized spacial score (nSPS) is 18.8. The molecule has 7 heteroatoms. The fourth-order valence-corrected chi connectivity index (χ4v) is 2.58. The van der Waals surface area contributed by atoms with Crippen LogP contribution in [0.1, 0.15) is 23.3 Å². The Hall–Kier alpha value is -1.40. The lowest BCUT2D eigenvalue weighted by molar-refractivity contribution is 0.0728. The van der Waals surface area contributed by atoms with Gasteiger partial charge in [0.2, 0.25) is 0 Å². The summed E-state index contributed by atoms with van der Waals surface area (Å²) >= 11 is 0. The molecule has 3 rings (SSSR count). The number of halogens is 1. The number of hydrogen-bond acceptors (Lipinski definition) is 5. The molecule has 0 bridgehead atoms. The van der Waals surface area contributed by atoms with Crippen molar-refractivity contribution in [3.05, 3.63) is 17.8 Å². The van der Waals surface area contributed by atoms with Gasteiger partial charge in [-0.25, -0.2) is 0 Å². The molecular weight excluding hydrogens is 278 g/mol. The summed E-state index contributed by atoms with van der Waals surface area (Å²) < 4.78 is 0. The molecule has 1 amide bonds. The molecule has 0 aliphatic carbocycles. The zero-order valence-electron chi connectivity index (χ0n) is 11.4. The molecule has 0 atom stereocenters. The Labute approximate surface area is 124 Å². The maximum atomic E-state index is 12.2. The van der Waals surface area contributed by atoms with Crippen molar-refractivity contribution in [3.8, 4) is 0 Å². The number of nitrogens with one attached hydrogen (secondary N) is 1. The first-order valence-corrected chi connectivity index (χ1v) is 6.93. The number of nitrogens with zero attached hydrogens (tertiary/aromatic N) is 4. The third-order valence-electron chi connectivity index (χ3n) is 3.70. The summed E-state index contributed by atoms with van der Waals surface area (Å²) in [5.41, 5.74) is 0.449. The van der Waals surface area contributed by atoms with E-state index in [1.165, 1.54) is 12.8 Å². The largest absolute Gasteiger partial charge is 0.355 e. The number of carbonyl (C=O) groups is 1. The van der Waals surface area contributed by atoms with Crippen molar-refractivity contribution >= 4 is 24.1 Å². The van der Waals surface area contributed by atoms with Gasteiger partial charge in [0.1, 0.15) is 0 Å². The molecular formula is C13H20ClN5O. The van der Waals surface area contributed by atoms with Crippen molar-refractivity contribution in [1.82, 2.24) is 20.4 Å². The third-order valence-corrected chi connectivity index (χ3v) is 3.70. The Balaban J connectivity index is 0.00000147. The molecule has 1 N–H and O–H groups in total. The van der Waals surface area contributed by atoms with E-state index in [-0.39, 0.29) is 18.3 Å². The van der Waals surface area contributed by atoms with Crippen molar-refractivity contribution in [2.75, 3.05) is 44.2 Å². The molecule has 110 valence electrons. The molecule has 2 aliphatic heterocycles. The number of piperazine rings is 1. The molecule has 2 saturated heterocycles. The lowest BCUT2D eigenvalue weighted by Gasteiger charge is -2.27. The van der Waals surface area contributed by atoms with Crippen LogP contribution in [0.3, 0.4) is 0 Å². The predicted octanol–water partition coefficient (Wildman–Crippen LogP) is 0.544. The highest BCUT2D eigenvalue weighted by molar-refractivity contribution is 5.92. The third kappa shape index (κ3) is 3.19. The van der Waals surface area contributed by atoms with E-state index in [1.54, 1.807) is 6.07 Å². The minimum absolute atomic E-state index is 0. The fourth-order valence-electron chi connectivity index (χ4n) is 2.58. The molecule has 0 spiro atoms. The highest BCUT2D eigenvalue weighted by Crippen LogP contribution is 2.16. The summed E-state index contributed by atoms with van der Waals surface area (Å²) in [5.74, 6) is 0.872. The van der Waals surface area contributed by atoms with Gasteiger partial charge in [0.25, 0.3) is 5.91 Å². The van der Waals surface area contributed by atoms with Crippen LogP contribution in [0.4, 0.5) is 5.82 Å². The summed E-state index contributed by atoms with van der Waals surface area (Å²) in [6, 6.07) is 3.71. The molecule has 0 saturated carbocycles. The maximum Gasteiger partial charge on any atom is 0.274 e. The van der Waals surface area contributed by atoms with Crippen LogP contribution in [-0.4, -0.2) is 60.3 Å². The number of rotatable bonds is 2. The summed E-state index contributed by atoms with van der Waals surface area (Å²) in [4.78, 5) is 16.3. The zero-order valence-corrected chi connectivity index (χ0v) is 12.2. The second kappa shape index (κ2) is 6.85. The first-order valence-electron chi connectivity index (χ1n) is 6.93. The second-order valence-corrected chi connectivity index (χ2v) is 5.01. The fraction of sp³-hybridized carbons (Fsp3) is 0.615. The summed E-state index contributed by atoms with van der Waals surface area (Å²) in [6.07, 6.45) is 2.42. The van der Waals surface area contributed by atoms with Crippen LogP contribution in [0.25, 0.3) is 0 Å². The summed E-state index contributed by atoms with van der Waals surface area (Å²) in [5, 5.41) is 11.5. The van der Waals surface area contributed by atoms with Gasteiger partial charge >= 0.3 is 0 Å². The van der Waals surface area contributed by atoms with Gasteiger partial charge < -0.3 is 15.1 Å². The van der Waals surface area contributed by atoms with Crippen LogP contribution in [0.15, 0.2) is 12.1 Å². The lowest BCUT2D eigenvalue weighted by atomic mass is 10.3. The van der Waals surface area contributed by atoms with E-state index in [2.05, 4.69) is 20.4 Å². The molecule has 3 heterocycles. The highest BCUT2D eigenvalue weighted by atomic mass is 35.5. The van der Waals surface area contributed by atoms with Crippen molar-refractivity contribution in [2.24, 2.45) is 0 Å². The Morgan fingerprint density at radius 3 is 2.35 bits per heavy atom. The number of carbonyl (C=O) groups excluding carboxylic acids is 1. The molecule has 0 radical (unpaired) electrons. The van der Waals surface area contributed by atoms with Gasteiger partial charge in [-0.05, 0) is 25.0 Å². The van der Waals surface area contributed by atoms with E-state index in [1.807, 2.05) is 11.0 Å². The van der Waals surface area contributed by atoms with Crippen molar-refractivity contribution in [1.29, 1.82) is 0 Å². The number of amides is 1. The Morgan fingerprint density at radius 2 is 1.75 bits per heavy atom. The van der Waals surface area contributed by atoms with Gasteiger partial charge in [-0.2, -0.15) is 0 Å². The molecule has 6 nitrogen and oxygen atoms in total. The van der Waals surface area contributed by atoms with Gasteiger partial charge in [-0.1, -0.05) is 0 Å². The summed E-state index contributed by atoms with van der Waals surface area (Å²) in [6.45, 7) is 5.28. The van der Waals surface area contributed by atoms with Gasteiger partial charge in [-0.3, -0.25) is 4.79 Å². The SMILES string of the molecule is Cl.O=C(c1ccc(N2CCCC2)nn1)N1CCNCC1. The first-order chi connectivity index (χ1) is 9.34. The van der Waals surface area contributed by atoms with E-state index in [0.29, 0.717) is 5.69 Å². The van der Waals surface area contributed by atoms with E-state index < -0.39 is 0 Å². The average molecular weight is 298 g/mol. The molecule has 0 unspecified atom stereocenters. The first kappa shape index (κ1) is 15.0. The van der Waals surface area contributed by atoms with E-state index >= 15 is 0 Å².